The lowest BCUT2D eigenvalue weighted by atomic mass is 10.0. The number of hydrogen-bond acceptors (Lipinski definition) is 4. The molecule has 1 heterocycles. The zero-order chi connectivity index (χ0) is 20.8. The van der Waals surface area contributed by atoms with E-state index in [2.05, 4.69) is 29.5 Å². The summed E-state index contributed by atoms with van der Waals surface area (Å²) in [5.74, 6) is -0.428. The Balaban J connectivity index is 1.73. The number of carbonyl (C=O) groups excluding carboxylic acids is 2. The van der Waals surface area contributed by atoms with Crippen molar-refractivity contribution in [1.29, 1.82) is 5.26 Å². The molecule has 0 bridgehead atoms. The smallest absolute Gasteiger partial charge is 0.274 e. The van der Waals surface area contributed by atoms with Gasteiger partial charge in [0.25, 0.3) is 11.8 Å². The third-order valence-electron chi connectivity index (χ3n) is 4.39. The minimum absolute atomic E-state index is 0.124. The Morgan fingerprint density at radius 1 is 0.966 bits per heavy atom. The van der Waals surface area contributed by atoms with Gasteiger partial charge in [0.15, 0.2) is 0 Å². The van der Waals surface area contributed by atoms with E-state index in [1.807, 2.05) is 30.3 Å². The Hall–Kier alpha value is -3.98. The van der Waals surface area contributed by atoms with E-state index in [0.717, 1.165) is 0 Å². The first-order valence-corrected chi connectivity index (χ1v) is 9.16. The first kappa shape index (κ1) is 19.8. The normalized spacial score (nSPS) is 10.3. The molecule has 0 saturated carbocycles. The molecule has 2 aromatic carbocycles. The van der Waals surface area contributed by atoms with Gasteiger partial charge in [-0.3, -0.25) is 14.6 Å². The summed E-state index contributed by atoms with van der Waals surface area (Å²) in [6.07, 6.45) is 1.40. The van der Waals surface area contributed by atoms with E-state index in [4.69, 9.17) is 5.26 Å². The van der Waals surface area contributed by atoms with Crippen molar-refractivity contribution in [2.75, 3.05) is 10.6 Å². The number of carbonyl (C=O) groups is 2. The summed E-state index contributed by atoms with van der Waals surface area (Å²) in [6.45, 7) is 4.20. The molecule has 29 heavy (non-hydrogen) atoms. The molecule has 1 aromatic heterocycles. The van der Waals surface area contributed by atoms with Crippen molar-refractivity contribution in [3.63, 3.8) is 0 Å². The van der Waals surface area contributed by atoms with Gasteiger partial charge >= 0.3 is 0 Å². The lowest BCUT2D eigenvalue weighted by molar-refractivity contribution is 0.102. The number of rotatable bonds is 5. The van der Waals surface area contributed by atoms with Crippen LogP contribution in [0, 0.1) is 11.3 Å². The Kier molecular flexibility index (Phi) is 6.00. The van der Waals surface area contributed by atoms with E-state index in [1.54, 1.807) is 24.3 Å². The zero-order valence-corrected chi connectivity index (χ0v) is 16.1. The van der Waals surface area contributed by atoms with Gasteiger partial charge in [-0.1, -0.05) is 38.1 Å². The second kappa shape index (κ2) is 8.81. The topological polar surface area (TPSA) is 94.9 Å². The fraction of sp³-hybridized carbons (Fsp3) is 0.130. The summed E-state index contributed by atoms with van der Waals surface area (Å²) >= 11 is 0. The lowest BCUT2D eigenvalue weighted by Gasteiger charge is -2.09. The number of amides is 2. The second-order valence-corrected chi connectivity index (χ2v) is 6.77. The summed E-state index contributed by atoms with van der Waals surface area (Å²) in [7, 11) is 0. The first-order valence-electron chi connectivity index (χ1n) is 9.16. The highest BCUT2D eigenvalue weighted by Gasteiger charge is 2.14. The molecule has 0 aliphatic heterocycles. The molecule has 0 spiro atoms. The van der Waals surface area contributed by atoms with Crippen molar-refractivity contribution in [1.82, 2.24) is 4.98 Å². The lowest BCUT2D eigenvalue weighted by Crippen LogP contribution is -2.17. The molecule has 0 radical (unpaired) electrons. The summed E-state index contributed by atoms with van der Waals surface area (Å²) in [5.41, 5.74) is 2.99. The molecule has 144 valence electrons. The number of nitrogens with zero attached hydrogens (tertiary/aromatic N) is 2. The standard InChI is InChI=1S/C23H20N4O2/c1-15(2)16-7-9-19(10-8-16)26-23(29)21-13-17(11-12-25-21)22(28)27-20-6-4-3-5-18(20)14-24/h3-13,15H,1-2H3,(H,26,29)(H,27,28). The molecule has 0 aliphatic carbocycles. The number of anilines is 2. The third kappa shape index (κ3) is 4.85. The molecule has 0 unspecified atom stereocenters. The molecule has 6 nitrogen and oxygen atoms in total. The highest BCUT2D eigenvalue weighted by molar-refractivity contribution is 6.08. The Labute approximate surface area is 169 Å². The van der Waals surface area contributed by atoms with Crippen LogP contribution >= 0.6 is 0 Å². The highest BCUT2D eigenvalue weighted by Crippen LogP contribution is 2.18. The molecule has 3 rings (SSSR count). The average Bonchev–Trinajstić information content (AvgIpc) is 2.74. The van der Waals surface area contributed by atoms with Gasteiger partial charge in [-0.05, 0) is 47.9 Å². The van der Waals surface area contributed by atoms with Crippen LogP contribution in [0.4, 0.5) is 11.4 Å². The SMILES string of the molecule is CC(C)c1ccc(NC(=O)c2cc(C(=O)Nc3ccccc3C#N)ccn2)cc1. The Bertz CT molecular complexity index is 1080. The van der Waals surface area contributed by atoms with Gasteiger partial charge in [0.1, 0.15) is 11.8 Å². The largest absolute Gasteiger partial charge is 0.321 e. The second-order valence-electron chi connectivity index (χ2n) is 6.77. The van der Waals surface area contributed by atoms with Crippen LogP contribution in [0.2, 0.25) is 0 Å². The Morgan fingerprint density at radius 3 is 2.38 bits per heavy atom. The van der Waals surface area contributed by atoms with Gasteiger partial charge < -0.3 is 10.6 Å². The summed E-state index contributed by atoms with van der Waals surface area (Å²) in [6, 6.07) is 19.3. The summed E-state index contributed by atoms with van der Waals surface area (Å²) in [5, 5.41) is 14.6. The molecule has 0 aliphatic rings. The van der Waals surface area contributed by atoms with E-state index in [-0.39, 0.29) is 11.3 Å². The summed E-state index contributed by atoms with van der Waals surface area (Å²) < 4.78 is 0. The maximum Gasteiger partial charge on any atom is 0.274 e. The van der Waals surface area contributed by atoms with Crippen LogP contribution in [-0.2, 0) is 0 Å². The maximum atomic E-state index is 12.5. The summed E-state index contributed by atoms with van der Waals surface area (Å²) in [4.78, 5) is 29.1. The number of nitrogens with one attached hydrogen (secondary N) is 2. The van der Waals surface area contributed by atoms with Crippen LogP contribution in [0.5, 0.6) is 0 Å². The maximum absolute atomic E-state index is 12.5. The molecule has 2 N–H and O–H groups in total. The van der Waals surface area contributed by atoms with Crippen LogP contribution in [-0.4, -0.2) is 16.8 Å². The molecule has 0 fully saturated rings. The van der Waals surface area contributed by atoms with Crippen molar-refractivity contribution >= 4 is 23.2 Å². The first-order chi connectivity index (χ1) is 14.0. The van der Waals surface area contributed by atoms with Crippen LogP contribution in [0.3, 0.4) is 0 Å². The van der Waals surface area contributed by atoms with E-state index in [1.165, 1.54) is 23.9 Å². The average molecular weight is 384 g/mol. The van der Waals surface area contributed by atoms with Crippen LogP contribution < -0.4 is 10.6 Å². The third-order valence-corrected chi connectivity index (χ3v) is 4.39. The van der Waals surface area contributed by atoms with E-state index >= 15 is 0 Å². The molecule has 0 atom stereocenters. The van der Waals surface area contributed by atoms with Crippen LogP contribution in [0.15, 0.2) is 66.9 Å². The predicted octanol–water partition coefficient (Wildman–Crippen LogP) is 4.58. The fourth-order valence-corrected chi connectivity index (χ4v) is 2.73. The number of nitriles is 1. The highest BCUT2D eigenvalue weighted by atomic mass is 16.2. The van der Waals surface area contributed by atoms with Gasteiger partial charge in [-0.2, -0.15) is 5.26 Å². The molecule has 0 saturated heterocycles. The van der Waals surface area contributed by atoms with Crippen molar-refractivity contribution in [3.05, 3.63) is 89.2 Å². The van der Waals surface area contributed by atoms with Crippen LogP contribution in [0.1, 0.15) is 51.7 Å². The minimum Gasteiger partial charge on any atom is -0.321 e. The molecular weight excluding hydrogens is 364 g/mol. The van der Waals surface area contributed by atoms with Gasteiger partial charge in [0.05, 0.1) is 11.3 Å². The quantitative estimate of drug-likeness (QED) is 0.673. The predicted molar refractivity (Wildman–Crippen MR) is 112 cm³/mol. The molecule has 6 heteroatoms. The van der Waals surface area contributed by atoms with Gasteiger partial charge in [-0.25, -0.2) is 0 Å². The molecule has 2 amide bonds. The molecule has 3 aromatic rings. The Morgan fingerprint density at radius 2 is 1.69 bits per heavy atom. The van der Waals surface area contributed by atoms with E-state index < -0.39 is 11.8 Å². The number of hydrogen-bond donors (Lipinski definition) is 2. The number of aromatic nitrogens is 1. The van der Waals surface area contributed by atoms with Crippen molar-refractivity contribution in [3.8, 4) is 6.07 Å². The number of para-hydroxylation sites is 1. The van der Waals surface area contributed by atoms with Gasteiger partial charge in [-0.15, -0.1) is 0 Å². The van der Waals surface area contributed by atoms with Gasteiger partial charge in [0, 0.05) is 17.4 Å². The monoisotopic (exact) mass is 384 g/mol. The van der Waals surface area contributed by atoms with Gasteiger partial charge in [0.2, 0.25) is 0 Å². The zero-order valence-electron chi connectivity index (χ0n) is 16.1. The van der Waals surface area contributed by atoms with Crippen molar-refractivity contribution < 1.29 is 9.59 Å². The number of benzene rings is 2. The molecular formula is C23H20N4O2. The van der Waals surface area contributed by atoms with Crippen molar-refractivity contribution in [2.45, 2.75) is 19.8 Å². The fourth-order valence-electron chi connectivity index (χ4n) is 2.73. The van der Waals surface area contributed by atoms with Crippen molar-refractivity contribution in [2.24, 2.45) is 0 Å². The van der Waals surface area contributed by atoms with Crippen LogP contribution in [0.25, 0.3) is 0 Å². The van der Waals surface area contributed by atoms with E-state index in [0.29, 0.717) is 22.9 Å². The number of pyridine rings is 1. The minimum atomic E-state index is -0.426. The van der Waals surface area contributed by atoms with E-state index in [9.17, 15) is 9.59 Å².